The van der Waals surface area contributed by atoms with Crippen LogP contribution in [0, 0.1) is 11.3 Å². The summed E-state index contributed by atoms with van der Waals surface area (Å²) in [5.41, 5.74) is -0.512. The van der Waals surface area contributed by atoms with E-state index in [4.69, 9.17) is 11.6 Å². The third-order valence-electron chi connectivity index (χ3n) is 3.29. The van der Waals surface area contributed by atoms with Crippen LogP contribution >= 0.6 is 11.6 Å². The number of nitrogens with one attached hydrogen (secondary N) is 1. The smallest absolute Gasteiger partial charge is 0.242 e. The van der Waals surface area contributed by atoms with E-state index < -0.39 is 29.2 Å². The number of hydrogen-bond donors (Lipinski definition) is 1. The normalized spacial score (nSPS) is 35.1. The fourth-order valence-electron chi connectivity index (χ4n) is 2.14. The van der Waals surface area contributed by atoms with Crippen molar-refractivity contribution in [3.8, 4) is 0 Å². The SMILES string of the molecule is CC1NC(C(=O)C(C)(C)C)C(Cl)CC1C(F)F. The average molecular weight is 268 g/mol. The topological polar surface area (TPSA) is 29.1 Å². The molecule has 0 saturated carbocycles. The molecule has 0 aliphatic carbocycles. The first-order valence-electron chi connectivity index (χ1n) is 5.87. The minimum atomic E-state index is -2.40. The van der Waals surface area contributed by atoms with E-state index in [1.165, 1.54) is 0 Å². The monoisotopic (exact) mass is 267 g/mol. The maximum Gasteiger partial charge on any atom is 0.242 e. The molecule has 0 radical (unpaired) electrons. The van der Waals surface area contributed by atoms with Gasteiger partial charge < -0.3 is 5.32 Å². The Hall–Kier alpha value is -0.220. The van der Waals surface area contributed by atoms with Gasteiger partial charge in [0.2, 0.25) is 6.43 Å². The van der Waals surface area contributed by atoms with Crippen molar-refractivity contribution in [2.75, 3.05) is 0 Å². The van der Waals surface area contributed by atoms with E-state index in [1.807, 2.05) is 20.8 Å². The molecular weight excluding hydrogens is 248 g/mol. The first kappa shape index (κ1) is 14.8. The maximum atomic E-state index is 12.7. The second-order valence-electron chi connectivity index (χ2n) is 5.80. The fourth-order valence-corrected chi connectivity index (χ4v) is 2.53. The quantitative estimate of drug-likeness (QED) is 0.780. The lowest BCUT2D eigenvalue weighted by Crippen LogP contribution is -2.58. The Labute approximate surface area is 106 Å². The highest BCUT2D eigenvalue weighted by atomic mass is 35.5. The summed E-state index contributed by atoms with van der Waals surface area (Å²) in [6.45, 7) is 7.11. The predicted molar refractivity (Wildman–Crippen MR) is 64.6 cm³/mol. The van der Waals surface area contributed by atoms with Gasteiger partial charge in [-0.3, -0.25) is 4.79 Å². The standard InChI is InChI=1S/C12H20ClF2NO/c1-6-7(11(14)15)5-8(13)9(16-6)10(17)12(2,3)4/h6-9,11,16H,5H2,1-4H3. The van der Waals surface area contributed by atoms with Gasteiger partial charge >= 0.3 is 0 Å². The van der Waals surface area contributed by atoms with Crippen LogP contribution in [0.4, 0.5) is 8.78 Å². The Morgan fingerprint density at radius 2 is 1.94 bits per heavy atom. The molecular formula is C12H20ClF2NO. The Morgan fingerprint density at radius 3 is 2.35 bits per heavy atom. The molecule has 1 N–H and O–H groups in total. The zero-order valence-electron chi connectivity index (χ0n) is 10.6. The van der Waals surface area contributed by atoms with E-state index in [1.54, 1.807) is 6.92 Å². The number of halogens is 3. The van der Waals surface area contributed by atoms with E-state index in [0.717, 1.165) is 0 Å². The number of hydrogen-bond acceptors (Lipinski definition) is 2. The highest BCUT2D eigenvalue weighted by molar-refractivity contribution is 6.23. The van der Waals surface area contributed by atoms with Gasteiger partial charge in [-0.05, 0) is 13.3 Å². The van der Waals surface area contributed by atoms with Crippen molar-refractivity contribution in [2.45, 2.75) is 58.0 Å². The van der Waals surface area contributed by atoms with Crippen molar-refractivity contribution in [3.63, 3.8) is 0 Å². The Morgan fingerprint density at radius 1 is 1.41 bits per heavy atom. The number of carbonyl (C=O) groups excluding carboxylic acids is 1. The van der Waals surface area contributed by atoms with Crippen molar-refractivity contribution in [1.29, 1.82) is 0 Å². The van der Waals surface area contributed by atoms with Crippen molar-refractivity contribution in [1.82, 2.24) is 5.32 Å². The van der Waals surface area contributed by atoms with Crippen LogP contribution in [0.25, 0.3) is 0 Å². The molecule has 1 rings (SSSR count). The second-order valence-corrected chi connectivity index (χ2v) is 6.36. The first-order chi connectivity index (χ1) is 7.64. The molecule has 100 valence electrons. The molecule has 1 aliphatic heterocycles. The van der Waals surface area contributed by atoms with Crippen molar-refractivity contribution >= 4 is 17.4 Å². The Bertz CT molecular complexity index is 291. The van der Waals surface area contributed by atoms with Gasteiger partial charge in [0.1, 0.15) is 0 Å². The molecule has 17 heavy (non-hydrogen) atoms. The third-order valence-corrected chi connectivity index (χ3v) is 3.72. The number of carbonyl (C=O) groups is 1. The van der Waals surface area contributed by atoms with Crippen LogP contribution in [0.3, 0.4) is 0 Å². The van der Waals surface area contributed by atoms with E-state index >= 15 is 0 Å². The number of Topliss-reactive ketones (excluding diaryl/α,β-unsaturated/α-hetero) is 1. The molecule has 1 heterocycles. The van der Waals surface area contributed by atoms with Gasteiger partial charge in [0, 0.05) is 17.4 Å². The molecule has 0 aromatic carbocycles. The summed E-state index contributed by atoms with van der Waals surface area (Å²) in [5.74, 6) is -0.793. The van der Waals surface area contributed by atoms with Crippen molar-refractivity contribution in [3.05, 3.63) is 0 Å². The Kier molecular flexibility index (Phi) is 4.53. The summed E-state index contributed by atoms with van der Waals surface area (Å²) in [5, 5.41) is 2.38. The molecule has 1 fully saturated rings. The molecule has 0 aromatic heterocycles. The van der Waals surface area contributed by atoms with Gasteiger partial charge in [-0.1, -0.05) is 20.8 Å². The number of piperidine rings is 1. The van der Waals surface area contributed by atoms with Gasteiger partial charge in [-0.2, -0.15) is 0 Å². The number of ketones is 1. The van der Waals surface area contributed by atoms with Crippen molar-refractivity contribution < 1.29 is 13.6 Å². The largest absolute Gasteiger partial charge is 0.303 e. The van der Waals surface area contributed by atoms with Crippen LogP contribution in [-0.4, -0.2) is 29.7 Å². The van der Waals surface area contributed by atoms with Crippen molar-refractivity contribution in [2.24, 2.45) is 11.3 Å². The van der Waals surface area contributed by atoms with Gasteiger partial charge in [0.15, 0.2) is 5.78 Å². The van der Waals surface area contributed by atoms with Crippen LogP contribution in [0.2, 0.25) is 0 Å². The third kappa shape index (κ3) is 3.38. The lowest BCUT2D eigenvalue weighted by molar-refractivity contribution is -0.130. The summed E-state index contributed by atoms with van der Waals surface area (Å²) in [6.07, 6.45) is -2.22. The van der Waals surface area contributed by atoms with Gasteiger partial charge in [-0.15, -0.1) is 11.6 Å². The first-order valence-corrected chi connectivity index (χ1v) is 6.31. The lowest BCUT2D eigenvalue weighted by Gasteiger charge is -2.39. The highest BCUT2D eigenvalue weighted by Gasteiger charge is 2.43. The minimum absolute atomic E-state index is 0.0166. The molecule has 5 heteroatoms. The zero-order chi connectivity index (χ0) is 13.4. The Balaban J connectivity index is 2.77. The van der Waals surface area contributed by atoms with E-state index in [2.05, 4.69) is 5.32 Å². The molecule has 4 atom stereocenters. The molecule has 1 aliphatic rings. The highest BCUT2D eigenvalue weighted by Crippen LogP contribution is 2.32. The molecule has 0 spiro atoms. The fraction of sp³-hybridized carbons (Fsp3) is 0.917. The molecule has 2 nitrogen and oxygen atoms in total. The molecule has 4 unspecified atom stereocenters. The molecule has 0 bridgehead atoms. The average Bonchev–Trinajstić information content (AvgIpc) is 2.18. The summed E-state index contributed by atoms with van der Waals surface area (Å²) in [6, 6.07) is -0.914. The minimum Gasteiger partial charge on any atom is -0.303 e. The van der Waals surface area contributed by atoms with Crippen LogP contribution in [0.5, 0.6) is 0 Å². The molecule has 0 aromatic rings. The van der Waals surface area contributed by atoms with Gasteiger partial charge in [0.25, 0.3) is 0 Å². The number of alkyl halides is 3. The van der Waals surface area contributed by atoms with Crippen LogP contribution in [0.1, 0.15) is 34.1 Å². The van der Waals surface area contributed by atoms with E-state index in [-0.39, 0.29) is 18.2 Å². The van der Waals surface area contributed by atoms with Crippen LogP contribution in [-0.2, 0) is 4.79 Å². The second kappa shape index (κ2) is 5.19. The maximum absolute atomic E-state index is 12.7. The summed E-state index contributed by atoms with van der Waals surface area (Å²) in [4.78, 5) is 12.1. The predicted octanol–water partition coefficient (Wildman–Crippen LogP) is 2.84. The van der Waals surface area contributed by atoms with Crippen LogP contribution < -0.4 is 5.32 Å². The number of rotatable bonds is 2. The van der Waals surface area contributed by atoms with Gasteiger partial charge in [-0.25, -0.2) is 8.78 Å². The summed E-state index contributed by atoms with van der Waals surface area (Å²) < 4.78 is 25.4. The van der Waals surface area contributed by atoms with Gasteiger partial charge in [0.05, 0.1) is 11.4 Å². The zero-order valence-corrected chi connectivity index (χ0v) is 11.4. The molecule has 0 amide bonds. The van der Waals surface area contributed by atoms with Crippen LogP contribution in [0.15, 0.2) is 0 Å². The molecule has 1 saturated heterocycles. The van der Waals surface area contributed by atoms with E-state index in [0.29, 0.717) is 0 Å². The lowest BCUT2D eigenvalue weighted by atomic mass is 9.79. The summed E-state index contributed by atoms with van der Waals surface area (Å²) >= 11 is 6.07. The summed E-state index contributed by atoms with van der Waals surface area (Å²) in [7, 11) is 0. The van der Waals surface area contributed by atoms with E-state index in [9.17, 15) is 13.6 Å².